The first kappa shape index (κ1) is 12.3. The van der Waals surface area contributed by atoms with Gasteiger partial charge in [-0.3, -0.25) is 4.79 Å². The van der Waals surface area contributed by atoms with Crippen LogP contribution in [0.5, 0.6) is 0 Å². The molecule has 1 aromatic heterocycles. The van der Waals surface area contributed by atoms with Crippen LogP contribution in [0, 0.1) is 0 Å². The lowest BCUT2D eigenvalue weighted by atomic mass is 10.0. The number of hydrogen-bond acceptors (Lipinski definition) is 1. The summed E-state index contributed by atoms with van der Waals surface area (Å²) in [4.78, 5) is 15.5. The van der Waals surface area contributed by atoms with Crippen molar-refractivity contribution in [3.8, 4) is 0 Å². The zero-order chi connectivity index (χ0) is 13.4. The fraction of sp³-hybridized carbons (Fsp3) is 0. The fourth-order valence-electron chi connectivity index (χ4n) is 2.08. The average molecular weight is 290 g/mol. The molecular formula is C15H9Cl2NO. The minimum absolute atomic E-state index is 0.0731. The van der Waals surface area contributed by atoms with Crippen LogP contribution in [0.1, 0.15) is 15.9 Å². The zero-order valence-electron chi connectivity index (χ0n) is 9.78. The maximum atomic E-state index is 12.5. The summed E-state index contributed by atoms with van der Waals surface area (Å²) < 4.78 is 0. The number of H-pyrrole nitrogens is 1. The number of rotatable bonds is 2. The van der Waals surface area contributed by atoms with E-state index in [-0.39, 0.29) is 5.78 Å². The Morgan fingerprint density at radius 3 is 2.47 bits per heavy atom. The van der Waals surface area contributed by atoms with E-state index in [0.717, 1.165) is 10.9 Å². The van der Waals surface area contributed by atoms with Gasteiger partial charge in [-0.2, -0.15) is 0 Å². The van der Waals surface area contributed by atoms with E-state index in [1.807, 2.05) is 12.1 Å². The summed E-state index contributed by atoms with van der Waals surface area (Å²) in [6, 6.07) is 12.3. The predicted molar refractivity (Wildman–Crippen MR) is 78.2 cm³/mol. The van der Waals surface area contributed by atoms with Crippen LogP contribution in [-0.4, -0.2) is 10.8 Å². The van der Waals surface area contributed by atoms with Crippen molar-refractivity contribution in [3.63, 3.8) is 0 Å². The van der Waals surface area contributed by atoms with Gasteiger partial charge in [-0.05, 0) is 36.4 Å². The second-order valence-electron chi connectivity index (χ2n) is 4.20. The molecule has 0 atom stereocenters. The summed E-state index contributed by atoms with van der Waals surface area (Å²) in [5, 5.41) is 1.92. The maximum absolute atomic E-state index is 12.5. The van der Waals surface area contributed by atoms with Crippen LogP contribution >= 0.6 is 23.2 Å². The second kappa shape index (κ2) is 4.72. The molecule has 0 saturated carbocycles. The summed E-state index contributed by atoms with van der Waals surface area (Å²) in [6.07, 6.45) is 1.69. The largest absolute Gasteiger partial charge is 0.360 e. The molecule has 0 radical (unpaired) electrons. The van der Waals surface area contributed by atoms with Crippen molar-refractivity contribution in [1.82, 2.24) is 4.98 Å². The van der Waals surface area contributed by atoms with Gasteiger partial charge in [0.05, 0.1) is 5.02 Å². The summed E-state index contributed by atoms with van der Waals surface area (Å²) in [5.41, 5.74) is 2.01. The summed E-state index contributed by atoms with van der Waals surface area (Å²) in [5.74, 6) is -0.0731. The van der Waals surface area contributed by atoms with Gasteiger partial charge < -0.3 is 4.98 Å². The van der Waals surface area contributed by atoms with Gasteiger partial charge in [0.2, 0.25) is 0 Å². The third-order valence-corrected chi connectivity index (χ3v) is 3.57. The van der Waals surface area contributed by atoms with Crippen molar-refractivity contribution in [2.75, 3.05) is 0 Å². The van der Waals surface area contributed by atoms with Crippen LogP contribution in [-0.2, 0) is 0 Å². The number of aromatic amines is 1. The number of benzene rings is 2. The molecule has 4 heteroatoms. The number of hydrogen-bond donors (Lipinski definition) is 1. The minimum atomic E-state index is -0.0731. The van der Waals surface area contributed by atoms with E-state index in [4.69, 9.17) is 23.2 Å². The summed E-state index contributed by atoms with van der Waals surface area (Å²) in [6.45, 7) is 0. The zero-order valence-corrected chi connectivity index (χ0v) is 11.3. The van der Waals surface area contributed by atoms with Gasteiger partial charge in [-0.25, -0.2) is 0 Å². The van der Waals surface area contributed by atoms with E-state index in [0.29, 0.717) is 21.2 Å². The quantitative estimate of drug-likeness (QED) is 0.681. The van der Waals surface area contributed by atoms with E-state index >= 15 is 0 Å². The molecule has 3 rings (SSSR count). The smallest absolute Gasteiger partial charge is 0.195 e. The number of nitrogens with one attached hydrogen (secondary N) is 1. The average Bonchev–Trinajstić information content (AvgIpc) is 2.84. The van der Waals surface area contributed by atoms with Crippen molar-refractivity contribution in [2.45, 2.75) is 0 Å². The summed E-state index contributed by atoms with van der Waals surface area (Å²) >= 11 is 12.0. The molecule has 2 nitrogen and oxygen atoms in total. The Kier molecular flexibility index (Phi) is 3.05. The normalized spacial score (nSPS) is 10.8. The number of carbonyl (C=O) groups is 1. The van der Waals surface area contributed by atoms with Crippen molar-refractivity contribution >= 4 is 39.9 Å². The fourth-order valence-corrected chi connectivity index (χ4v) is 2.48. The van der Waals surface area contributed by atoms with Gasteiger partial charge in [0.15, 0.2) is 5.78 Å². The van der Waals surface area contributed by atoms with Crippen LogP contribution in [0.15, 0.2) is 48.7 Å². The first-order valence-corrected chi connectivity index (χ1v) is 6.48. The molecule has 0 aliphatic heterocycles. The first-order valence-electron chi connectivity index (χ1n) is 5.72. The van der Waals surface area contributed by atoms with Gasteiger partial charge >= 0.3 is 0 Å². The van der Waals surface area contributed by atoms with Crippen molar-refractivity contribution in [3.05, 3.63) is 69.8 Å². The highest BCUT2D eigenvalue weighted by atomic mass is 35.5. The highest BCUT2D eigenvalue weighted by Crippen LogP contribution is 2.28. The van der Waals surface area contributed by atoms with Crippen molar-refractivity contribution in [2.24, 2.45) is 0 Å². The molecule has 19 heavy (non-hydrogen) atoms. The Bertz CT molecular complexity index is 759. The van der Waals surface area contributed by atoms with E-state index in [1.54, 1.807) is 36.5 Å². The molecular weight excluding hydrogens is 281 g/mol. The summed E-state index contributed by atoms with van der Waals surface area (Å²) in [7, 11) is 0. The monoisotopic (exact) mass is 289 g/mol. The molecule has 1 N–H and O–H groups in total. The molecule has 94 valence electrons. The van der Waals surface area contributed by atoms with Crippen molar-refractivity contribution < 1.29 is 4.79 Å². The molecule has 2 aromatic carbocycles. The van der Waals surface area contributed by atoms with Gasteiger partial charge in [0.25, 0.3) is 0 Å². The molecule has 0 aliphatic rings. The SMILES string of the molecule is O=C(c1ccc(Cl)cc1)c1c[nH]c2cccc(Cl)c12. The number of fused-ring (bicyclic) bond motifs is 1. The standard InChI is InChI=1S/C15H9Cl2NO/c16-10-6-4-9(5-7-10)15(19)11-8-18-13-3-1-2-12(17)14(11)13/h1-8,18H. The van der Waals surface area contributed by atoms with Gasteiger partial charge in [0.1, 0.15) is 0 Å². The molecule has 0 bridgehead atoms. The van der Waals surface area contributed by atoms with Gasteiger partial charge in [-0.1, -0.05) is 29.3 Å². The van der Waals surface area contributed by atoms with Gasteiger partial charge in [0, 0.05) is 33.2 Å². The van der Waals surface area contributed by atoms with Crippen LogP contribution in [0.4, 0.5) is 0 Å². The molecule has 0 aliphatic carbocycles. The minimum Gasteiger partial charge on any atom is -0.360 e. The number of carbonyl (C=O) groups excluding carboxylic acids is 1. The highest BCUT2D eigenvalue weighted by Gasteiger charge is 2.15. The third-order valence-electron chi connectivity index (χ3n) is 3.01. The van der Waals surface area contributed by atoms with Crippen molar-refractivity contribution in [1.29, 1.82) is 0 Å². The Hall–Kier alpha value is -1.77. The molecule has 0 amide bonds. The topological polar surface area (TPSA) is 32.9 Å². The van der Waals surface area contributed by atoms with Gasteiger partial charge in [-0.15, -0.1) is 0 Å². The lowest BCUT2D eigenvalue weighted by Crippen LogP contribution is -2.00. The Balaban J connectivity index is 2.14. The van der Waals surface area contributed by atoms with E-state index in [9.17, 15) is 4.79 Å². The molecule has 3 aromatic rings. The molecule has 0 fully saturated rings. The maximum Gasteiger partial charge on any atom is 0.195 e. The molecule has 0 saturated heterocycles. The lowest BCUT2D eigenvalue weighted by Gasteiger charge is -2.01. The Morgan fingerprint density at radius 1 is 1.00 bits per heavy atom. The first-order chi connectivity index (χ1) is 9.16. The second-order valence-corrected chi connectivity index (χ2v) is 5.04. The van der Waals surface area contributed by atoms with Crippen LogP contribution in [0.25, 0.3) is 10.9 Å². The van der Waals surface area contributed by atoms with Crippen LogP contribution in [0.2, 0.25) is 10.0 Å². The highest BCUT2D eigenvalue weighted by molar-refractivity contribution is 6.37. The lowest BCUT2D eigenvalue weighted by molar-refractivity contribution is 0.104. The molecule has 1 heterocycles. The Morgan fingerprint density at radius 2 is 1.74 bits per heavy atom. The number of aromatic nitrogens is 1. The number of halogens is 2. The van der Waals surface area contributed by atoms with E-state index < -0.39 is 0 Å². The molecule has 0 spiro atoms. The number of ketones is 1. The predicted octanol–water partition coefficient (Wildman–Crippen LogP) is 4.71. The van der Waals surface area contributed by atoms with E-state index in [1.165, 1.54) is 0 Å². The third kappa shape index (κ3) is 2.14. The van der Waals surface area contributed by atoms with Crippen LogP contribution in [0.3, 0.4) is 0 Å². The van der Waals surface area contributed by atoms with E-state index in [2.05, 4.69) is 4.98 Å². The molecule has 0 unspecified atom stereocenters. The Labute approximate surface area is 120 Å². The van der Waals surface area contributed by atoms with Crippen LogP contribution < -0.4 is 0 Å².